The molecule has 7 nitrogen and oxygen atoms in total. The number of amides is 1. The number of hydrogen-bond acceptors (Lipinski definition) is 6. The Morgan fingerprint density at radius 2 is 1.97 bits per heavy atom. The summed E-state index contributed by atoms with van der Waals surface area (Å²) in [6.07, 6.45) is 0.457. The van der Waals surface area contributed by atoms with Crippen molar-refractivity contribution in [3.05, 3.63) is 77.1 Å². The van der Waals surface area contributed by atoms with Gasteiger partial charge in [-0.25, -0.2) is 0 Å². The standard InChI is InChI=1S/C26H26N2O5/c1-16(19-8-6-5-7-9-19)31-20-13-23(30)28(15-20)24-21-12-18(14-27)10-11-22(21)33-26(3,4)25(24)32-17(2)29/h5-13,16,24-25H,15H2,1-4H3/t16?,24-,25+/m1/s1. The minimum Gasteiger partial charge on any atom is -0.488 e. The van der Waals surface area contributed by atoms with Crippen molar-refractivity contribution in [2.45, 2.75) is 51.5 Å². The predicted molar refractivity (Wildman–Crippen MR) is 120 cm³/mol. The van der Waals surface area contributed by atoms with Crippen LogP contribution in [0.2, 0.25) is 0 Å². The lowest BCUT2D eigenvalue weighted by molar-refractivity contribution is -0.171. The van der Waals surface area contributed by atoms with Gasteiger partial charge in [0.15, 0.2) is 6.10 Å². The zero-order valence-corrected chi connectivity index (χ0v) is 19.1. The van der Waals surface area contributed by atoms with Crippen molar-refractivity contribution in [3.8, 4) is 11.8 Å². The molecule has 2 aliphatic heterocycles. The summed E-state index contributed by atoms with van der Waals surface area (Å²) in [7, 11) is 0. The van der Waals surface area contributed by atoms with Gasteiger partial charge < -0.3 is 19.1 Å². The summed E-state index contributed by atoms with van der Waals surface area (Å²) in [6, 6.07) is 16.3. The monoisotopic (exact) mass is 446 g/mol. The summed E-state index contributed by atoms with van der Waals surface area (Å²) in [5.74, 6) is 0.348. The SMILES string of the molecule is CC(=O)O[C@H]1[C@H](N2CC(OC(C)c3ccccc3)=CC2=O)c2cc(C#N)ccc2OC1(C)C. The zero-order chi connectivity index (χ0) is 23.8. The maximum absolute atomic E-state index is 13.1. The van der Waals surface area contributed by atoms with Gasteiger partial charge in [0, 0.05) is 18.6 Å². The third-order valence-electron chi connectivity index (χ3n) is 5.92. The van der Waals surface area contributed by atoms with Gasteiger partial charge >= 0.3 is 5.97 Å². The summed E-state index contributed by atoms with van der Waals surface area (Å²) >= 11 is 0. The number of carbonyl (C=O) groups is 2. The van der Waals surface area contributed by atoms with Crippen molar-refractivity contribution in [1.29, 1.82) is 5.26 Å². The fraction of sp³-hybridized carbons (Fsp3) is 0.346. The molecule has 0 spiro atoms. The molecule has 0 saturated carbocycles. The van der Waals surface area contributed by atoms with Crippen molar-refractivity contribution in [3.63, 3.8) is 0 Å². The van der Waals surface area contributed by atoms with Crippen LogP contribution in [0.15, 0.2) is 60.4 Å². The molecule has 2 heterocycles. The molecule has 0 saturated heterocycles. The molecule has 1 amide bonds. The molecule has 0 N–H and O–H groups in total. The number of nitriles is 1. The average molecular weight is 447 g/mol. The van der Waals surface area contributed by atoms with Crippen molar-refractivity contribution < 1.29 is 23.8 Å². The average Bonchev–Trinajstić information content (AvgIpc) is 3.13. The number of carbonyl (C=O) groups excluding carboxylic acids is 2. The van der Waals surface area contributed by atoms with E-state index in [0.717, 1.165) is 5.56 Å². The number of esters is 1. The maximum atomic E-state index is 13.1. The van der Waals surface area contributed by atoms with E-state index >= 15 is 0 Å². The van der Waals surface area contributed by atoms with Crippen LogP contribution >= 0.6 is 0 Å². The van der Waals surface area contributed by atoms with E-state index in [4.69, 9.17) is 14.2 Å². The molecule has 170 valence electrons. The topological polar surface area (TPSA) is 88.9 Å². The number of rotatable bonds is 5. The quantitative estimate of drug-likeness (QED) is 0.640. The third-order valence-corrected chi connectivity index (χ3v) is 5.92. The summed E-state index contributed by atoms with van der Waals surface area (Å²) < 4.78 is 17.9. The molecule has 0 aromatic heterocycles. The molecule has 33 heavy (non-hydrogen) atoms. The van der Waals surface area contributed by atoms with Gasteiger partial charge in [0.2, 0.25) is 0 Å². The lowest BCUT2D eigenvalue weighted by Gasteiger charge is -2.46. The summed E-state index contributed by atoms with van der Waals surface area (Å²) in [4.78, 5) is 26.7. The smallest absolute Gasteiger partial charge is 0.303 e. The molecule has 4 rings (SSSR count). The largest absolute Gasteiger partial charge is 0.488 e. The van der Waals surface area contributed by atoms with Crippen molar-refractivity contribution >= 4 is 11.9 Å². The Kier molecular flexibility index (Phi) is 5.86. The van der Waals surface area contributed by atoms with E-state index < -0.39 is 23.7 Å². The number of nitrogens with zero attached hydrogens (tertiary/aromatic N) is 2. The molecular weight excluding hydrogens is 420 g/mol. The predicted octanol–water partition coefficient (Wildman–Crippen LogP) is 4.21. The first-order valence-corrected chi connectivity index (χ1v) is 10.8. The summed E-state index contributed by atoms with van der Waals surface area (Å²) in [5.41, 5.74) is 1.15. The lowest BCUT2D eigenvalue weighted by atomic mass is 9.84. The molecule has 0 bridgehead atoms. The first-order valence-electron chi connectivity index (χ1n) is 10.8. The minimum atomic E-state index is -0.904. The van der Waals surface area contributed by atoms with Crippen LogP contribution in [0.25, 0.3) is 0 Å². The Morgan fingerprint density at radius 3 is 2.64 bits per heavy atom. The Labute approximate surface area is 193 Å². The number of ether oxygens (including phenoxy) is 3. The summed E-state index contributed by atoms with van der Waals surface area (Å²) in [5, 5.41) is 9.42. The molecule has 2 aromatic carbocycles. The van der Waals surface area contributed by atoms with Crippen LogP contribution in [-0.4, -0.2) is 35.0 Å². The molecule has 0 aliphatic carbocycles. The molecule has 1 unspecified atom stereocenters. The van der Waals surface area contributed by atoms with Crippen LogP contribution in [0.5, 0.6) is 5.75 Å². The molecule has 7 heteroatoms. The van der Waals surface area contributed by atoms with E-state index in [1.54, 1.807) is 23.1 Å². The second-order valence-corrected chi connectivity index (χ2v) is 8.79. The summed E-state index contributed by atoms with van der Waals surface area (Å²) in [6.45, 7) is 7.10. The van der Waals surface area contributed by atoms with Gasteiger partial charge in [0.05, 0.1) is 18.2 Å². The number of benzene rings is 2. The van der Waals surface area contributed by atoms with Gasteiger partial charge in [-0.2, -0.15) is 5.26 Å². The van der Waals surface area contributed by atoms with Crippen LogP contribution in [0.4, 0.5) is 0 Å². The second kappa shape index (κ2) is 8.62. The third kappa shape index (κ3) is 4.42. The van der Waals surface area contributed by atoms with Gasteiger partial charge in [0.1, 0.15) is 29.3 Å². The van der Waals surface area contributed by atoms with E-state index in [0.29, 0.717) is 22.6 Å². The van der Waals surface area contributed by atoms with Gasteiger partial charge in [-0.05, 0) is 44.5 Å². The van der Waals surface area contributed by atoms with Gasteiger partial charge in [-0.15, -0.1) is 0 Å². The normalized spacial score (nSPS) is 21.8. The first-order chi connectivity index (χ1) is 15.7. The number of fused-ring (bicyclic) bond motifs is 1. The molecule has 2 aliphatic rings. The fourth-order valence-corrected chi connectivity index (χ4v) is 4.38. The highest BCUT2D eigenvalue weighted by molar-refractivity contribution is 5.91. The fourth-order valence-electron chi connectivity index (χ4n) is 4.38. The highest BCUT2D eigenvalue weighted by atomic mass is 16.6. The Hall–Kier alpha value is -3.79. The molecule has 3 atom stereocenters. The van der Waals surface area contributed by atoms with Gasteiger partial charge in [-0.1, -0.05) is 30.3 Å². The zero-order valence-electron chi connectivity index (χ0n) is 19.1. The Bertz CT molecular complexity index is 1150. The first kappa shape index (κ1) is 22.4. The van der Waals surface area contributed by atoms with Gasteiger partial charge in [0.25, 0.3) is 5.91 Å². The van der Waals surface area contributed by atoms with Crippen molar-refractivity contribution in [2.75, 3.05) is 6.54 Å². The van der Waals surface area contributed by atoms with Crippen LogP contribution in [0, 0.1) is 11.3 Å². The van der Waals surface area contributed by atoms with E-state index in [9.17, 15) is 14.9 Å². The van der Waals surface area contributed by atoms with E-state index in [1.165, 1.54) is 13.0 Å². The Morgan fingerprint density at radius 1 is 1.24 bits per heavy atom. The van der Waals surface area contributed by atoms with Gasteiger partial charge in [-0.3, -0.25) is 9.59 Å². The van der Waals surface area contributed by atoms with Crippen molar-refractivity contribution in [2.24, 2.45) is 0 Å². The van der Waals surface area contributed by atoms with E-state index in [1.807, 2.05) is 51.1 Å². The minimum absolute atomic E-state index is 0.213. The highest BCUT2D eigenvalue weighted by Gasteiger charge is 2.50. The van der Waals surface area contributed by atoms with Crippen LogP contribution < -0.4 is 4.74 Å². The van der Waals surface area contributed by atoms with Crippen molar-refractivity contribution in [1.82, 2.24) is 4.90 Å². The molecule has 0 fully saturated rings. The number of hydrogen-bond donors (Lipinski definition) is 0. The lowest BCUT2D eigenvalue weighted by Crippen LogP contribution is -2.55. The molecule has 2 aromatic rings. The maximum Gasteiger partial charge on any atom is 0.303 e. The molecule has 0 radical (unpaired) electrons. The van der Waals surface area contributed by atoms with Crippen LogP contribution in [0.1, 0.15) is 56.5 Å². The van der Waals surface area contributed by atoms with Crippen LogP contribution in [0.3, 0.4) is 0 Å². The second-order valence-electron chi connectivity index (χ2n) is 8.79. The highest BCUT2D eigenvalue weighted by Crippen LogP contribution is 2.46. The Balaban J connectivity index is 1.67. The molecular formula is C26H26N2O5. The van der Waals surface area contributed by atoms with E-state index in [2.05, 4.69) is 6.07 Å². The van der Waals surface area contributed by atoms with E-state index in [-0.39, 0.29) is 18.6 Å². The van der Waals surface area contributed by atoms with Crippen LogP contribution in [-0.2, 0) is 19.1 Å².